The van der Waals surface area contributed by atoms with Gasteiger partial charge in [-0.2, -0.15) is 0 Å². The molecular weight excluding hydrogens is 286 g/mol. The Morgan fingerprint density at radius 1 is 1.14 bits per heavy atom. The summed E-state index contributed by atoms with van der Waals surface area (Å²) in [4.78, 5) is 12.3. The summed E-state index contributed by atoms with van der Waals surface area (Å²) in [6.45, 7) is 9.15. The lowest BCUT2D eigenvalue weighted by Gasteiger charge is -2.25. The van der Waals surface area contributed by atoms with E-state index in [1.165, 1.54) is 12.1 Å². The minimum Gasteiger partial charge on any atom is -0.352 e. The second kappa shape index (κ2) is 7.07. The van der Waals surface area contributed by atoms with Gasteiger partial charge in [-0.25, -0.2) is 8.42 Å². The Morgan fingerprint density at radius 3 is 2.19 bits per heavy atom. The Kier molecular flexibility index (Phi) is 5.96. The Labute approximate surface area is 127 Å². The van der Waals surface area contributed by atoms with Gasteiger partial charge in [-0.3, -0.25) is 4.79 Å². The molecule has 1 aromatic carbocycles. The van der Waals surface area contributed by atoms with Crippen LogP contribution in [0.5, 0.6) is 0 Å². The second-order valence-corrected chi connectivity index (χ2v) is 8.18. The molecule has 0 aliphatic heterocycles. The van der Waals surface area contributed by atoms with E-state index in [-0.39, 0.29) is 10.8 Å². The molecule has 118 valence electrons. The van der Waals surface area contributed by atoms with Crippen molar-refractivity contribution >= 4 is 15.7 Å². The van der Waals surface area contributed by atoms with Gasteiger partial charge in [0.25, 0.3) is 5.91 Å². The van der Waals surface area contributed by atoms with Gasteiger partial charge >= 0.3 is 0 Å². The van der Waals surface area contributed by atoms with Crippen LogP contribution in [0.3, 0.4) is 0 Å². The monoisotopic (exact) mass is 311 g/mol. The molecule has 0 aliphatic rings. The van der Waals surface area contributed by atoms with E-state index in [2.05, 4.69) is 33.0 Å². The van der Waals surface area contributed by atoms with Crippen LogP contribution in [-0.4, -0.2) is 27.1 Å². The average Bonchev–Trinajstić information content (AvgIpc) is 2.37. The molecule has 0 aliphatic carbocycles. The van der Waals surface area contributed by atoms with E-state index in [1.54, 1.807) is 12.1 Å². The molecule has 5 heteroatoms. The number of nitrogens with one attached hydrogen (secondary N) is 1. The molecule has 1 amide bonds. The summed E-state index contributed by atoms with van der Waals surface area (Å²) in [6.07, 6.45) is 1.14. The number of carbonyl (C=O) groups is 1. The van der Waals surface area contributed by atoms with Crippen molar-refractivity contribution in [2.45, 2.75) is 32.6 Å². The maximum absolute atomic E-state index is 12.2. The summed E-state index contributed by atoms with van der Waals surface area (Å²) in [5, 5.41) is 2.91. The Balaban J connectivity index is 2.81. The molecule has 0 unspecified atom stereocenters. The van der Waals surface area contributed by atoms with Crippen LogP contribution in [0.4, 0.5) is 0 Å². The molecule has 0 bridgehead atoms. The number of sulfone groups is 1. The van der Waals surface area contributed by atoms with Crippen LogP contribution in [0.15, 0.2) is 29.2 Å². The molecular formula is C16H25NO3S. The Morgan fingerprint density at radius 2 is 1.71 bits per heavy atom. The van der Waals surface area contributed by atoms with Gasteiger partial charge in [-0.1, -0.05) is 33.8 Å². The van der Waals surface area contributed by atoms with Gasteiger partial charge in [-0.05, 0) is 36.0 Å². The highest BCUT2D eigenvalue weighted by atomic mass is 32.2. The topological polar surface area (TPSA) is 63.2 Å². The number of amides is 1. The highest BCUT2D eigenvalue weighted by Crippen LogP contribution is 2.19. The maximum Gasteiger partial charge on any atom is 0.251 e. The number of carbonyl (C=O) groups excluding carboxylic acids is 1. The standard InChI is InChI=1S/C16H25NO3S/c1-11(2)15(12(3)4)10-17-16(18)13-7-6-8-14(9-13)21(5,19)20/h6-9,11-12,15H,10H2,1-5H3,(H,17,18). The number of hydrogen-bond donors (Lipinski definition) is 1. The van der Waals surface area contributed by atoms with Gasteiger partial charge in [0.05, 0.1) is 4.90 Å². The first-order valence-electron chi connectivity index (χ1n) is 7.21. The van der Waals surface area contributed by atoms with Crippen LogP contribution in [0.1, 0.15) is 38.1 Å². The Bertz CT molecular complexity index is 583. The predicted molar refractivity (Wildman–Crippen MR) is 85.1 cm³/mol. The zero-order valence-electron chi connectivity index (χ0n) is 13.4. The predicted octanol–water partition coefficient (Wildman–Crippen LogP) is 2.75. The van der Waals surface area contributed by atoms with Crippen LogP contribution >= 0.6 is 0 Å². The first-order chi connectivity index (χ1) is 9.62. The fourth-order valence-electron chi connectivity index (χ4n) is 2.42. The summed E-state index contributed by atoms with van der Waals surface area (Å²) in [7, 11) is -3.30. The van der Waals surface area contributed by atoms with E-state index in [0.29, 0.717) is 29.9 Å². The van der Waals surface area contributed by atoms with Crippen molar-refractivity contribution in [2.24, 2.45) is 17.8 Å². The maximum atomic E-state index is 12.2. The van der Waals surface area contributed by atoms with Gasteiger partial charge in [-0.15, -0.1) is 0 Å². The van der Waals surface area contributed by atoms with Gasteiger partial charge in [0.15, 0.2) is 9.84 Å². The van der Waals surface area contributed by atoms with E-state index in [4.69, 9.17) is 0 Å². The second-order valence-electron chi connectivity index (χ2n) is 6.16. The number of rotatable bonds is 6. The first kappa shape index (κ1) is 17.7. The quantitative estimate of drug-likeness (QED) is 0.878. The van der Waals surface area contributed by atoms with Gasteiger partial charge in [0, 0.05) is 18.4 Å². The van der Waals surface area contributed by atoms with Crippen molar-refractivity contribution in [2.75, 3.05) is 12.8 Å². The minimum atomic E-state index is -3.30. The van der Waals surface area contributed by atoms with Gasteiger partial charge in [0.2, 0.25) is 0 Å². The molecule has 0 heterocycles. The van der Waals surface area contributed by atoms with E-state index in [9.17, 15) is 13.2 Å². The number of hydrogen-bond acceptors (Lipinski definition) is 3. The van der Waals surface area contributed by atoms with E-state index < -0.39 is 9.84 Å². The molecule has 0 fully saturated rings. The molecule has 0 spiro atoms. The lowest BCUT2D eigenvalue weighted by atomic mass is 9.85. The first-order valence-corrected chi connectivity index (χ1v) is 9.10. The highest BCUT2D eigenvalue weighted by molar-refractivity contribution is 7.90. The van der Waals surface area contributed by atoms with Crippen molar-refractivity contribution in [3.8, 4) is 0 Å². The number of benzene rings is 1. The van der Waals surface area contributed by atoms with Gasteiger partial charge in [0.1, 0.15) is 0 Å². The fourth-order valence-corrected chi connectivity index (χ4v) is 3.09. The summed E-state index contributed by atoms with van der Waals surface area (Å²) in [5.74, 6) is 1.12. The Hall–Kier alpha value is -1.36. The lowest BCUT2D eigenvalue weighted by Crippen LogP contribution is -2.34. The molecule has 1 aromatic rings. The lowest BCUT2D eigenvalue weighted by molar-refractivity contribution is 0.0937. The third-order valence-electron chi connectivity index (χ3n) is 3.74. The van der Waals surface area contributed by atoms with Crippen LogP contribution in [-0.2, 0) is 9.84 Å². The molecule has 1 N–H and O–H groups in total. The van der Waals surface area contributed by atoms with Crippen molar-refractivity contribution in [1.82, 2.24) is 5.32 Å². The molecule has 1 rings (SSSR count). The molecule has 4 nitrogen and oxygen atoms in total. The highest BCUT2D eigenvalue weighted by Gasteiger charge is 2.19. The van der Waals surface area contributed by atoms with Crippen LogP contribution in [0, 0.1) is 17.8 Å². The normalized spacial score (nSPS) is 12.2. The average molecular weight is 311 g/mol. The molecule has 0 aromatic heterocycles. The molecule has 0 radical (unpaired) electrons. The van der Waals surface area contributed by atoms with E-state index in [1.807, 2.05) is 0 Å². The summed E-state index contributed by atoms with van der Waals surface area (Å²) in [5.41, 5.74) is 0.379. The van der Waals surface area contributed by atoms with Crippen LogP contribution in [0.2, 0.25) is 0 Å². The smallest absolute Gasteiger partial charge is 0.251 e. The summed E-state index contributed by atoms with van der Waals surface area (Å²) < 4.78 is 23.0. The van der Waals surface area contributed by atoms with Crippen LogP contribution < -0.4 is 5.32 Å². The van der Waals surface area contributed by atoms with E-state index >= 15 is 0 Å². The van der Waals surface area contributed by atoms with Crippen molar-refractivity contribution in [1.29, 1.82) is 0 Å². The minimum absolute atomic E-state index is 0.166. The summed E-state index contributed by atoms with van der Waals surface area (Å²) in [6, 6.07) is 6.14. The van der Waals surface area contributed by atoms with Crippen molar-refractivity contribution in [3.63, 3.8) is 0 Å². The van der Waals surface area contributed by atoms with Gasteiger partial charge < -0.3 is 5.32 Å². The zero-order valence-corrected chi connectivity index (χ0v) is 14.2. The van der Waals surface area contributed by atoms with Crippen LogP contribution in [0.25, 0.3) is 0 Å². The third kappa shape index (κ3) is 5.16. The molecule has 0 saturated heterocycles. The fraction of sp³-hybridized carbons (Fsp3) is 0.562. The third-order valence-corrected chi connectivity index (χ3v) is 4.85. The SMILES string of the molecule is CC(C)C(CNC(=O)c1cccc(S(C)(=O)=O)c1)C(C)C. The molecule has 0 atom stereocenters. The largest absolute Gasteiger partial charge is 0.352 e. The molecule has 0 saturated carbocycles. The van der Waals surface area contributed by atoms with E-state index in [0.717, 1.165) is 6.26 Å². The molecule has 21 heavy (non-hydrogen) atoms. The van der Waals surface area contributed by atoms with Crippen molar-refractivity contribution < 1.29 is 13.2 Å². The van der Waals surface area contributed by atoms with Crippen molar-refractivity contribution in [3.05, 3.63) is 29.8 Å². The zero-order chi connectivity index (χ0) is 16.2. The summed E-state index contributed by atoms with van der Waals surface area (Å²) >= 11 is 0.